The number of imidazole rings is 1. The Morgan fingerprint density at radius 1 is 1.41 bits per heavy atom. The molecular formula is C15H17N3O4. The number of amides is 1. The first kappa shape index (κ1) is 14.5. The number of ether oxygens (including phenoxy) is 1. The van der Waals surface area contributed by atoms with Gasteiger partial charge in [0.25, 0.3) is 0 Å². The third-order valence-electron chi connectivity index (χ3n) is 3.75. The van der Waals surface area contributed by atoms with Gasteiger partial charge in [0.15, 0.2) is 6.04 Å². The molecule has 116 valence electrons. The molecular weight excluding hydrogens is 286 g/mol. The van der Waals surface area contributed by atoms with Crippen molar-refractivity contribution in [2.45, 2.75) is 18.9 Å². The molecule has 1 fully saturated rings. The minimum absolute atomic E-state index is 0.0473. The molecule has 0 aliphatic carbocycles. The van der Waals surface area contributed by atoms with Crippen molar-refractivity contribution in [1.82, 2.24) is 14.9 Å². The van der Waals surface area contributed by atoms with Gasteiger partial charge < -0.3 is 19.7 Å². The van der Waals surface area contributed by atoms with Crippen LogP contribution in [-0.4, -0.2) is 57.7 Å². The summed E-state index contributed by atoms with van der Waals surface area (Å²) in [5.74, 6) is -0.484. The molecule has 1 aromatic heterocycles. The molecule has 1 amide bonds. The summed E-state index contributed by atoms with van der Waals surface area (Å²) in [5, 5.41) is 9.15. The number of nitrogens with zero attached hydrogens (tertiary/aromatic N) is 2. The second-order valence-corrected chi connectivity index (χ2v) is 5.22. The summed E-state index contributed by atoms with van der Waals surface area (Å²) in [4.78, 5) is 32.4. The Balaban J connectivity index is 1.64. The van der Waals surface area contributed by atoms with Gasteiger partial charge in [0.1, 0.15) is 5.82 Å². The van der Waals surface area contributed by atoms with Crippen LogP contribution >= 0.6 is 0 Å². The number of aryl methyl sites for hydroxylation is 1. The van der Waals surface area contributed by atoms with Crippen LogP contribution in [0.1, 0.15) is 12.2 Å². The summed E-state index contributed by atoms with van der Waals surface area (Å²) < 4.78 is 5.13. The predicted molar refractivity (Wildman–Crippen MR) is 78.4 cm³/mol. The topological polar surface area (TPSA) is 95.5 Å². The molecule has 1 aliphatic heterocycles. The lowest BCUT2D eigenvalue weighted by Crippen LogP contribution is -2.52. The first-order valence-electron chi connectivity index (χ1n) is 7.19. The van der Waals surface area contributed by atoms with Crippen LogP contribution < -0.4 is 0 Å². The molecule has 2 heterocycles. The minimum Gasteiger partial charge on any atom is -0.480 e. The van der Waals surface area contributed by atoms with Crippen molar-refractivity contribution in [3.63, 3.8) is 0 Å². The number of carbonyl (C=O) groups is 2. The summed E-state index contributed by atoms with van der Waals surface area (Å²) in [6.45, 7) is 0.738. The molecule has 1 saturated heterocycles. The lowest BCUT2D eigenvalue weighted by atomic mass is 10.2. The van der Waals surface area contributed by atoms with Crippen LogP contribution in [0.25, 0.3) is 11.0 Å². The second-order valence-electron chi connectivity index (χ2n) is 5.22. The second kappa shape index (κ2) is 6.15. The zero-order valence-electron chi connectivity index (χ0n) is 12.0. The largest absolute Gasteiger partial charge is 0.480 e. The standard InChI is InChI=1S/C15H17N3O4/c19-14(18-7-8-22-9-12(18)15(20)21)6-5-13-16-10-3-1-2-4-11(10)17-13/h1-4,12H,5-9H2,(H,16,17)(H,20,21). The summed E-state index contributed by atoms with van der Waals surface area (Å²) in [6.07, 6.45) is 0.681. The first-order chi connectivity index (χ1) is 10.6. The summed E-state index contributed by atoms with van der Waals surface area (Å²) in [5.41, 5.74) is 1.79. The van der Waals surface area contributed by atoms with Gasteiger partial charge in [-0.25, -0.2) is 9.78 Å². The fourth-order valence-electron chi connectivity index (χ4n) is 2.60. The normalized spacial score (nSPS) is 18.5. The number of hydrogen-bond donors (Lipinski definition) is 2. The Kier molecular flexibility index (Phi) is 4.06. The number of carboxylic acids is 1. The first-order valence-corrected chi connectivity index (χ1v) is 7.19. The van der Waals surface area contributed by atoms with Crippen LogP contribution in [0.15, 0.2) is 24.3 Å². The van der Waals surface area contributed by atoms with E-state index in [1.165, 1.54) is 4.90 Å². The molecule has 1 aliphatic rings. The number of aromatic amines is 1. The number of nitrogens with one attached hydrogen (secondary N) is 1. The predicted octanol–water partition coefficient (Wildman–Crippen LogP) is 0.807. The molecule has 1 unspecified atom stereocenters. The van der Waals surface area contributed by atoms with Crippen LogP contribution in [-0.2, 0) is 20.7 Å². The van der Waals surface area contributed by atoms with Crippen LogP contribution in [0.3, 0.4) is 0 Å². The van der Waals surface area contributed by atoms with E-state index in [4.69, 9.17) is 9.84 Å². The van der Waals surface area contributed by atoms with E-state index in [0.29, 0.717) is 19.6 Å². The molecule has 0 radical (unpaired) electrons. The number of H-pyrrole nitrogens is 1. The van der Waals surface area contributed by atoms with E-state index in [0.717, 1.165) is 16.9 Å². The number of carboxylic acid groups (broad SMARTS) is 1. The monoisotopic (exact) mass is 303 g/mol. The molecule has 2 N–H and O–H groups in total. The number of rotatable bonds is 4. The average molecular weight is 303 g/mol. The Hall–Kier alpha value is -2.41. The molecule has 0 saturated carbocycles. The molecule has 3 rings (SSSR count). The molecule has 22 heavy (non-hydrogen) atoms. The number of aliphatic carboxylic acids is 1. The quantitative estimate of drug-likeness (QED) is 0.871. The molecule has 7 nitrogen and oxygen atoms in total. The van der Waals surface area contributed by atoms with Gasteiger partial charge in [-0.1, -0.05) is 12.1 Å². The number of para-hydroxylation sites is 2. The van der Waals surface area contributed by atoms with Gasteiger partial charge in [0.2, 0.25) is 5.91 Å². The lowest BCUT2D eigenvalue weighted by Gasteiger charge is -2.32. The van der Waals surface area contributed by atoms with Gasteiger partial charge in [-0.05, 0) is 12.1 Å². The maximum absolute atomic E-state index is 12.3. The number of fused-ring (bicyclic) bond motifs is 1. The van der Waals surface area contributed by atoms with E-state index in [1.54, 1.807) is 0 Å². The molecule has 1 atom stereocenters. The smallest absolute Gasteiger partial charge is 0.328 e. The van der Waals surface area contributed by atoms with Crippen molar-refractivity contribution < 1.29 is 19.4 Å². The summed E-state index contributed by atoms with van der Waals surface area (Å²) >= 11 is 0. The van der Waals surface area contributed by atoms with E-state index < -0.39 is 12.0 Å². The van der Waals surface area contributed by atoms with Crippen molar-refractivity contribution in [3.05, 3.63) is 30.1 Å². The van der Waals surface area contributed by atoms with Crippen LogP contribution in [0.4, 0.5) is 0 Å². The molecule has 1 aromatic carbocycles. The number of aromatic nitrogens is 2. The highest BCUT2D eigenvalue weighted by atomic mass is 16.5. The fourth-order valence-corrected chi connectivity index (χ4v) is 2.60. The van der Waals surface area contributed by atoms with Crippen LogP contribution in [0.5, 0.6) is 0 Å². The molecule has 2 aromatic rings. The van der Waals surface area contributed by atoms with Crippen molar-refractivity contribution in [2.75, 3.05) is 19.8 Å². The van der Waals surface area contributed by atoms with E-state index in [9.17, 15) is 9.59 Å². The third kappa shape index (κ3) is 2.94. The SMILES string of the molecule is O=C(O)C1COCCN1C(=O)CCc1nc2ccccc2[nH]1. The zero-order valence-corrected chi connectivity index (χ0v) is 12.0. The van der Waals surface area contributed by atoms with Crippen molar-refractivity contribution in [3.8, 4) is 0 Å². The number of morpholine rings is 1. The Morgan fingerprint density at radius 3 is 3.00 bits per heavy atom. The lowest BCUT2D eigenvalue weighted by molar-refractivity contribution is -0.158. The average Bonchev–Trinajstić information content (AvgIpc) is 2.95. The Morgan fingerprint density at radius 2 is 2.23 bits per heavy atom. The Labute approximate surface area is 126 Å². The maximum atomic E-state index is 12.3. The van der Waals surface area contributed by atoms with Gasteiger partial charge in [0, 0.05) is 19.4 Å². The van der Waals surface area contributed by atoms with E-state index in [1.807, 2.05) is 24.3 Å². The highest BCUT2D eigenvalue weighted by Gasteiger charge is 2.32. The van der Waals surface area contributed by atoms with Gasteiger partial charge >= 0.3 is 5.97 Å². The zero-order chi connectivity index (χ0) is 15.5. The minimum atomic E-state index is -1.03. The fraction of sp³-hybridized carbons (Fsp3) is 0.400. The van der Waals surface area contributed by atoms with Crippen molar-refractivity contribution in [1.29, 1.82) is 0 Å². The molecule has 7 heteroatoms. The molecule has 0 bridgehead atoms. The summed E-state index contributed by atoms with van der Waals surface area (Å²) in [7, 11) is 0. The van der Waals surface area contributed by atoms with E-state index >= 15 is 0 Å². The van der Waals surface area contributed by atoms with Gasteiger partial charge in [0.05, 0.1) is 24.2 Å². The van der Waals surface area contributed by atoms with Crippen LogP contribution in [0.2, 0.25) is 0 Å². The van der Waals surface area contributed by atoms with Crippen LogP contribution in [0, 0.1) is 0 Å². The number of hydrogen-bond acceptors (Lipinski definition) is 4. The highest BCUT2D eigenvalue weighted by molar-refractivity contribution is 5.84. The van der Waals surface area contributed by atoms with Gasteiger partial charge in [-0.15, -0.1) is 0 Å². The van der Waals surface area contributed by atoms with Crippen molar-refractivity contribution in [2.24, 2.45) is 0 Å². The van der Waals surface area contributed by atoms with Gasteiger partial charge in [-0.2, -0.15) is 0 Å². The molecule has 0 spiro atoms. The van der Waals surface area contributed by atoms with Gasteiger partial charge in [-0.3, -0.25) is 4.79 Å². The van der Waals surface area contributed by atoms with E-state index in [2.05, 4.69) is 9.97 Å². The maximum Gasteiger partial charge on any atom is 0.328 e. The number of benzene rings is 1. The third-order valence-corrected chi connectivity index (χ3v) is 3.75. The summed E-state index contributed by atoms with van der Waals surface area (Å²) in [6, 6.07) is 6.76. The van der Waals surface area contributed by atoms with E-state index in [-0.39, 0.29) is 18.9 Å². The Bertz CT molecular complexity index is 664. The van der Waals surface area contributed by atoms with Crippen molar-refractivity contribution >= 4 is 22.9 Å². The highest BCUT2D eigenvalue weighted by Crippen LogP contribution is 2.14. The number of carbonyl (C=O) groups excluding carboxylic acids is 1.